The van der Waals surface area contributed by atoms with E-state index in [9.17, 15) is 5.11 Å². The standard InChI is InChI=1S/C13H11N5O/c14-5-11-12(6-15)18(8-17-11)7-13(19)9-2-1-3-10(16)4-9/h1-4,8,13,19H,7,16H2. The lowest BCUT2D eigenvalue weighted by Crippen LogP contribution is -2.10. The summed E-state index contributed by atoms with van der Waals surface area (Å²) in [6.07, 6.45) is 0.545. The molecule has 0 aliphatic carbocycles. The van der Waals surface area contributed by atoms with Gasteiger partial charge in [0.2, 0.25) is 0 Å². The SMILES string of the molecule is N#Cc1ncn(CC(O)c2cccc(N)c2)c1C#N. The van der Waals surface area contributed by atoms with Gasteiger partial charge >= 0.3 is 0 Å². The second kappa shape index (κ2) is 5.21. The minimum absolute atomic E-state index is 0.0577. The molecule has 6 nitrogen and oxygen atoms in total. The molecule has 0 aliphatic heterocycles. The summed E-state index contributed by atoms with van der Waals surface area (Å²) in [5.74, 6) is 0. The molecule has 1 aromatic heterocycles. The molecule has 0 amide bonds. The zero-order valence-electron chi connectivity index (χ0n) is 9.98. The zero-order chi connectivity index (χ0) is 13.8. The zero-order valence-corrected chi connectivity index (χ0v) is 9.98. The van der Waals surface area contributed by atoms with Gasteiger partial charge in [0, 0.05) is 5.69 Å². The number of nitriles is 2. The number of nitrogens with two attached hydrogens (primary N) is 1. The number of nitrogens with zero attached hydrogens (tertiary/aromatic N) is 4. The monoisotopic (exact) mass is 253 g/mol. The van der Waals surface area contributed by atoms with Crippen molar-refractivity contribution in [3.8, 4) is 12.1 Å². The second-order valence-electron chi connectivity index (χ2n) is 4.00. The maximum absolute atomic E-state index is 10.1. The highest BCUT2D eigenvalue weighted by Gasteiger charge is 2.14. The highest BCUT2D eigenvalue weighted by atomic mass is 16.3. The topological polar surface area (TPSA) is 112 Å². The third-order valence-electron chi connectivity index (χ3n) is 2.71. The lowest BCUT2D eigenvalue weighted by atomic mass is 10.1. The van der Waals surface area contributed by atoms with E-state index in [-0.39, 0.29) is 17.9 Å². The number of hydrogen-bond donors (Lipinski definition) is 2. The van der Waals surface area contributed by atoms with E-state index in [0.29, 0.717) is 11.3 Å². The maximum atomic E-state index is 10.1. The van der Waals surface area contributed by atoms with E-state index < -0.39 is 6.10 Å². The van der Waals surface area contributed by atoms with Crippen molar-refractivity contribution in [2.45, 2.75) is 12.6 Å². The number of rotatable bonds is 3. The Morgan fingerprint density at radius 3 is 2.79 bits per heavy atom. The molecule has 1 atom stereocenters. The molecule has 1 heterocycles. The van der Waals surface area contributed by atoms with E-state index >= 15 is 0 Å². The van der Waals surface area contributed by atoms with E-state index in [4.69, 9.17) is 16.3 Å². The molecule has 0 aliphatic rings. The van der Waals surface area contributed by atoms with E-state index in [0.717, 1.165) is 0 Å². The van der Waals surface area contributed by atoms with Gasteiger partial charge in [-0.3, -0.25) is 0 Å². The van der Waals surface area contributed by atoms with E-state index in [1.807, 2.05) is 12.1 Å². The molecule has 3 N–H and O–H groups in total. The fourth-order valence-electron chi connectivity index (χ4n) is 1.78. The minimum Gasteiger partial charge on any atom is -0.399 e. The Bertz CT molecular complexity index is 677. The van der Waals surface area contributed by atoms with Crippen molar-refractivity contribution in [3.63, 3.8) is 0 Å². The van der Waals surface area contributed by atoms with Gasteiger partial charge in [-0.2, -0.15) is 10.5 Å². The molecule has 6 heteroatoms. The van der Waals surface area contributed by atoms with Gasteiger partial charge in [-0.1, -0.05) is 12.1 Å². The van der Waals surface area contributed by atoms with E-state index in [1.54, 1.807) is 24.3 Å². The minimum atomic E-state index is -0.823. The van der Waals surface area contributed by atoms with E-state index in [1.165, 1.54) is 10.9 Å². The molecule has 2 rings (SSSR count). The highest BCUT2D eigenvalue weighted by Crippen LogP contribution is 2.19. The van der Waals surface area contributed by atoms with Gasteiger partial charge in [-0.25, -0.2) is 4.98 Å². The van der Waals surface area contributed by atoms with Crippen molar-refractivity contribution in [1.82, 2.24) is 9.55 Å². The number of nitrogen functional groups attached to an aromatic ring is 1. The number of imidazole rings is 1. The van der Waals surface area contributed by atoms with Crippen LogP contribution in [0.2, 0.25) is 0 Å². The lowest BCUT2D eigenvalue weighted by molar-refractivity contribution is 0.156. The summed E-state index contributed by atoms with van der Waals surface area (Å²) >= 11 is 0. The Hall–Kier alpha value is -2.83. The van der Waals surface area contributed by atoms with Crippen molar-refractivity contribution < 1.29 is 5.11 Å². The lowest BCUT2D eigenvalue weighted by Gasteiger charge is -2.12. The van der Waals surface area contributed by atoms with Gasteiger partial charge in [0.05, 0.1) is 19.0 Å². The first-order valence-corrected chi connectivity index (χ1v) is 5.54. The van der Waals surface area contributed by atoms with Crippen molar-refractivity contribution in [3.05, 3.63) is 47.5 Å². The van der Waals surface area contributed by atoms with Crippen LogP contribution < -0.4 is 5.73 Å². The average molecular weight is 253 g/mol. The molecule has 2 aromatic rings. The Morgan fingerprint density at radius 1 is 1.37 bits per heavy atom. The molecule has 0 spiro atoms. The Morgan fingerprint density at radius 2 is 2.16 bits per heavy atom. The first kappa shape index (κ1) is 12.6. The summed E-state index contributed by atoms with van der Waals surface area (Å²) in [5.41, 5.74) is 7.05. The summed E-state index contributed by atoms with van der Waals surface area (Å²) in [4.78, 5) is 3.81. The summed E-state index contributed by atoms with van der Waals surface area (Å²) in [6, 6.07) is 10.6. The smallest absolute Gasteiger partial charge is 0.176 e. The van der Waals surface area contributed by atoms with Crippen LogP contribution in [0.3, 0.4) is 0 Å². The van der Waals surface area contributed by atoms with Crippen LogP contribution in [0.25, 0.3) is 0 Å². The number of aromatic nitrogens is 2. The van der Waals surface area contributed by atoms with Crippen LogP contribution in [0.15, 0.2) is 30.6 Å². The van der Waals surface area contributed by atoms with Crippen LogP contribution in [-0.2, 0) is 6.54 Å². The van der Waals surface area contributed by atoms with Gasteiger partial charge in [0.25, 0.3) is 0 Å². The van der Waals surface area contributed by atoms with Crippen LogP contribution in [0.1, 0.15) is 23.1 Å². The molecule has 1 aromatic carbocycles. The van der Waals surface area contributed by atoms with Crippen LogP contribution in [0, 0.1) is 22.7 Å². The molecule has 1 unspecified atom stereocenters. The highest BCUT2D eigenvalue weighted by molar-refractivity contribution is 5.41. The number of benzene rings is 1. The predicted octanol–water partition coefficient (Wildman–Crippen LogP) is 0.942. The van der Waals surface area contributed by atoms with Gasteiger partial charge in [-0.15, -0.1) is 0 Å². The van der Waals surface area contributed by atoms with Crippen LogP contribution in [0.5, 0.6) is 0 Å². The predicted molar refractivity (Wildman–Crippen MR) is 67.5 cm³/mol. The largest absolute Gasteiger partial charge is 0.399 e. The third-order valence-corrected chi connectivity index (χ3v) is 2.71. The van der Waals surface area contributed by atoms with Crippen molar-refractivity contribution in [2.24, 2.45) is 0 Å². The maximum Gasteiger partial charge on any atom is 0.176 e. The summed E-state index contributed by atoms with van der Waals surface area (Å²) in [6.45, 7) is 0.140. The molecular formula is C13H11N5O. The molecule has 0 bridgehead atoms. The van der Waals surface area contributed by atoms with Crippen molar-refractivity contribution in [1.29, 1.82) is 10.5 Å². The molecule has 0 radical (unpaired) electrons. The third kappa shape index (κ3) is 2.54. The van der Waals surface area contributed by atoms with E-state index in [2.05, 4.69) is 4.98 Å². The van der Waals surface area contributed by atoms with Gasteiger partial charge in [-0.05, 0) is 17.7 Å². The van der Waals surface area contributed by atoms with Crippen molar-refractivity contribution in [2.75, 3.05) is 5.73 Å². The van der Waals surface area contributed by atoms with Crippen molar-refractivity contribution >= 4 is 5.69 Å². The fraction of sp³-hybridized carbons (Fsp3) is 0.154. The second-order valence-corrected chi connectivity index (χ2v) is 4.00. The van der Waals surface area contributed by atoms with Crippen LogP contribution in [-0.4, -0.2) is 14.7 Å². The number of anilines is 1. The molecule has 0 fully saturated rings. The average Bonchev–Trinajstić information content (AvgIpc) is 2.80. The Labute approximate surface area is 110 Å². The Balaban J connectivity index is 2.25. The normalized spacial score (nSPS) is 11.5. The first-order valence-electron chi connectivity index (χ1n) is 5.54. The molecule has 19 heavy (non-hydrogen) atoms. The molecule has 94 valence electrons. The number of aliphatic hydroxyl groups is 1. The number of aliphatic hydroxyl groups excluding tert-OH is 1. The quantitative estimate of drug-likeness (QED) is 0.790. The summed E-state index contributed by atoms with van der Waals surface area (Å²) < 4.78 is 1.45. The number of hydrogen-bond acceptors (Lipinski definition) is 5. The Kier molecular flexibility index (Phi) is 3.46. The molecule has 0 saturated carbocycles. The molecular weight excluding hydrogens is 242 g/mol. The summed E-state index contributed by atoms with van der Waals surface area (Å²) in [7, 11) is 0. The van der Waals surface area contributed by atoms with Crippen LogP contribution in [0.4, 0.5) is 5.69 Å². The van der Waals surface area contributed by atoms with Gasteiger partial charge in [0.15, 0.2) is 11.4 Å². The van der Waals surface area contributed by atoms with Gasteiger partial charge in [0.1, 0.15) is 12.1 Å². The molecule has 0 saturated heterocycles. The fourth-order valence-corrected chi connectivity index (χ4v) is 1.78. The summed E-state index contributed by atoms with van der Waals surface area (Å²) in [5, 5.41) is 27.9. The van der Waals surface area contributed by atoms with Gasteiger partial charge < -0.3 is 15.4 Å². The first-order chi connectivity index (χ1) is 9.15. The van der Waals surface area contributed by atoms with Crippen LogP contribution >= 0.6 is 0 Å².